The van der Waals surface area contributed by atoms with Crippen molar-refractivity contribution in [3.63, 3.8) is 0 Å². The monoisotopic (exact) mass is 262 g/mol. The highest BCUT2D eigenvalue weighted by molar-refractivity contribution is 5.51. The predicted octanol–water partition coefficient (Wildman–Crippen LogP) is 1.33. The van der Waals surface area contributed by atoms with Crippen LogP contribution in [0.3, 0.4) is 0 Å². The molecule has 0 bridgehead atoms. The maximum Gasteiger partial charge on any atom is 0.264 e. The summed E-state index contributed by atoms with van der Waals surface area (Å²) in [6.07, 6.45) is 0.754. The van der Waals surface area contributed by atoms with E-state index < -0.39 is 0 Å². The third-order valence-electron chi connectivity index (χ3n) is 2.56. The first-order chi connectivity index (χ1) is 9.15. The van der Waals surface area contributed by atoms with Crippen molar-refractivity contribution in [3.8, 4) is 5.75 Å². The van der Waals surface area contributed by atoms with Crippen molar-refractivity contribution in [2.45, 2.75) is 13.0 Å². The Morgan fingerprint density at radius 1 is 1.32 bits per heavy atom. The third kappa shape index (κ3) is 3.96. The lowest BCUT2D eigenvalue weighted by molar-refractivity contribution is 0.243. The summed E-state index contributed by atoms with van der Waals surface area (Å²) in [5, 5.41) is 3.90. The predicted molar refractivity (Wildman–Crippen MR) is 71.7 cm³/mol. The van der Waals surface area contributed by atoms with Crippen LogP contribution in [0, 0.1) is 0 Å². The van der Waals surface area contributed by atoms with Crippen LogP contribution in [0.15, 0.2) is 28.8 Å². The Labute approximate surface area is 112 Å². The minimum atomic E-state index is 0.225. The molecular formula is C13H18N4O2. The maximum absolute atomic E-state index is 5.77. The van der Waals surface area contributed by atoms with Gasteiger partial charge in [-0.1, -0.05) is 17.3 Å². The van der Waals surface area contributed by atoms with E-state index in [1.54, 1.807) is 12.1 Å². The molecule has 1 aromatic carbocycles. The number of rotatable bonds is 6. The second-order valence-corrected chi connectivity index (χ2v) is 4.48. The Balaban J connectivity index is 1.88. The van der Waals surface area contributed by atoms with E-state index in [-0.39, 0.29) is 6.61 Å². The molecule has 2 aromatic rings. The zero-order valence-corrected chi connectivity index (χ0v) is 11.2. The summed E-state index contributed by atoms with van der Waals surface area (Å²) in [6, 6.07) is 7.31. The Hall–Kier alpha value is -2.08. The quantitative estimate of drug-likeness (QED) is 0.791. The summed E-state index contributed by atoms with van der Waals surface area (Å²) in [6.45, 7) is 1.11. The summed E-state index contributed by atoms with van der Waals surface area (Å²) in [5.74, 6) is 1.76. The molecule has 0 aliphatic rings. The third-order valence-corrected chi connectivity index (χ3v) is 2.56. The van der Waals surface area contributed by atoms with Gasteiger partial charge in [0.1, 0.15) is 5.75 Å². The van der Waals surface area contributed by atoms with E-state index in [0.717, 1.165) is 13.0 Å². The summed E-state index contributed by atoms with van der Waals surface area (Å²) >= 11 is 0. The molecule has 6 heteroatoms. The normalized spacial score (nSPS) is 10.9. The van der Waals surface area contributed by atoms with Crippen LogP contribution >= 0.6 is 0 Å². The summed E-state index contributed by atoms with van der Waals surface area (Å²) in [4.78, 5) is 6.32. The molecule has 0 fully saturated rings. The minimum Gasteiger partial charge on any atom is -0.482 e. The number of anilines is 1. The molecule has 0 amide bonds. The fourth-order valence-electron chi connectivity index (χ4n) is 1.53. The van der Waals surface area contributed by atoms with Crippen LogP contribution in [0.1, 0.15) is 11.7 Å². The zero-order chi connectivity index (χ0) is 13.7. The number of para-hydroxylation sites is 2. The van der Waals surface area contributed by atoms with Gasteiger partial charge < -0.3 is 19.9 Å². The fraction of sp³-hybridized carbons (Fsp3) is 0.385. The highest BCUT2D eigenvalue weighted by atomic mass is 16.5. The van der Waals surface area contributed by atoms with Crippen LogP contribution < -0.4 is 10.5 Å². The van der Waals surface area contributed by atoms with Gasteiger partial charge in [-0.3, -0.25) is 0 Å². The van der Waals surface area contributed by atoms with Crippen LogP contribution in [0.4, 0.5) is 5.69 Å². The highest BCUT2D eigenvalue weighted by Crippen LogP contribution is 2.20. The van der Waals surface area contributed by atoms with Gasteiger partial charge in [0, 0.05) is 13.0 Å². The largest absolute Gasteiger partial charge is 0.482 e. The van der Waals surface area contributed by atoms with Crippen molar-refractivity contribution >= 4 is 5.69 Å². The van der Waals surface area contributed by atoms with Gasteiger partial charge in [0.05, 0.1) is 5.69 Å². The van der Waals surface area contributed by atoms with Crippen LogP contribution in [-0.2, 0) is 13.0 Å². The molecule has 2 rings (SSSR count). The summed E-state index contributed by atoms with van der Waals surface area (Å²) in [5.41, 5.74) is 6.37. The molecule has 19 heavy (non-hydrogen) atoms. The average molecular weight is 262 g/mol. The highest BCUT2D eigenvalue weighted by Gasteiger charge is 2.08. The number of aromatic nitrogens is 2. The van der Waals surface area contributed by atoms with E-state index in [4.69, 9.17) is 15.0 Å². The first-order valence-corrected chi connectivity index (χ1v) is 6.08. The molecule has 0 aliphatic heterocycles. The lowest BCUT2D eigenvalue weighted by Gasteiger charge is -2.06. The lowest BCUT2D eigenvalue weighted by Crippen LogP contribution is -2.15. The minimum absolute atomic E-state index is 0.225. The van der Waals surface area contributed by atoms with Crippen LogP contribution in [-0.4, -0.2) is 35.7 Å². The topological polar surface area (TPSA) is 77.4 Å². The Bertz CT molecular complexity index is 525. The van der Waals surface area contributed by atoms with E-state index in [2.05, 4.69) is 15.0 Å². The van der Waals surface area contributed by atoms with Crippen LogP contribution in [0.2, 0.25) is 0 Å². The molecule has 2 N–H and O–H groups in total. The van der Waals surface area contributed by atoms with E-state index in [0.29, 0.717) is 23.2 Å². The van der Waals surface area contributed by atoms with Crippen LogP contribution in [0.5, 0.6) is 5.75 Å². The van der Waals surface area contributed by atoms with Crippen molar-refractivity contribution in [2.24, 2.45) is 0 Å². The van der Waals surface area contributed by atoms with Crippen LogP contribution in [0.25, 0.3) is 0 Å². The number of likely N-dealkylation sites (N-methyl/N-ethyl adjacent to an activating group) is 1. The number of nitrogens with zero attached hydrogens (tertiary/aromatic N) is 3. The van der Waals surface area contributed by atoms with Crippen molar-refractivity contribution in [1.82, 2.24) is 15.0 Å². The van der Waals surface area contributed by atoms with Gasteiger partial charge in [-0.05, 0) is 26.2 Å². The first kappa shape index (κ1) is 13.4. The van der Waals surface area contributed by atoms with Gasteiger partial charge in [0.25, 0.3) is 5.89 Å². The molecule has 1 heterocycles. The summed E-state index contributed by atoms with van der Waals surface area (Å²) < 4.78 is 10.6. The number of nitrogens with two attached hydrogens (primary N) is 1. The molecule has 0 saturated heterocycles. The lowest BCUT2D eigenvalue weighted by atomic mass is 10.3. The Morgan fingerprint density at radius 3 is 2.84 bits per heavy atom. The molecule has 0 spiro atoms. The van der Waals surface area contributed by atoms with Gasteiger partial charge in [0.15, 0.2) is 12.4 Å². The number of hydrogen-bond acceptors (Lipinski definition) is 6. The van der Waals surface area contributed by atoms with Crippen molar-refractivity contribution in [3.05, 3.63) is 36.0 Å². The summed E-state index contributed by atoms with van der Waals surface area (Å²) in [7, 11) is 4.00. The molecule has 0 aliphatic carbocycles. The van der Waals surface area contributed by atoms with E-state index in [1.807, 2.05) is 26.2 Å². The zero-order valence-electron chi connectivity index (χ0n) is 11.2. The van der Waals surface area contributed by atoms with Gasteiger partial charge >= 0.3 is 0 Å². The van der Waals surface area contributed by atoms with Crippen molar-refractivity contribution in [1.29, 1.82) is 0 Å². The second-order valence-electron chi connectivity index (χ2n) is 4.48. The van der Waals surface area contributed by atoms with Crippen molar-refractivity contribution in [2.75, 3.05) is 26.4 Å². The van der Waals surface area contributed by atoms with Gasteiger partial charge in [-0.25, -0.2) is 0 Å². The smallest absolute Gasteiger partial charge is 0.264 e. The SMILES string of the molecule is CN(C)CCc1noc(COc2ccccc2N)n1. The molecule has 0 radical (unpaired) electrons. The number of hydrogen-bond donors (Lipinski definition) is 1. The van der Waals surface area contributed by atoms with E-state index in [1.165, 1.54) is 0 Å². The first-order valence-electron chi connectivity index (χ1n) is 6.08. The number of benzene rings is 1. The Morgan fingerprint density at radius 2 is 2.11 bits per heavy atom. The molecule has 102 valence electrons. The van der Waals surface area contributed by atoms with Crippen molar-refractivity contribution < 1.29 is 9.26 Å². The van der Waals surface area contributed by atoms with E-state index >= 15 is 0 Å². The van der Waals surface area contributed by atoms with E-state index in [9.17, 15) is 0 Å². The number of nitrogen functional groups attached to an aromatic ring is 1. The molecule has 6 nitrogen and oxygen atoms in total. The molecule has 0 atom stereocenters. The van der Waals surface area contributed by atoms with Gasteiger partial charge in [0.2, 0.25) is 0 Å². The fourth-order valence-corrected chi connectivity index (χ4v) is 1.53. The molecular weight excluding hydrogens is 244 g/mol. The number of ether oxygens (including phenoxy) is 1. The average Bonchev–Trinajstić information content (AvgIpc) is 2.83. The standard InChI is InChI=1S/C13H18N4O2/c1-17(2)8-7-12-15-13(19-16-12)9-18-11-6-4-3-5-10(11)14/h3-6H,7-9,14H2,1-2H3. The Kier molecular flexibility index (Phi) is 4.35. The molecule has 0 unspecified atom stereocenters. The van der Waals surface area contributed by atoms with Gasteiger partial charge in [-0.2, -0.15) is 4.98 Å². The molecule has 0 saturated carbocycles. The second kappa shape index (κ2) is 6.19. The van der Waals surface area contributed by atoms with Gasteiger partial charge in [-0.15, -0.1) is 0 Å². The molecule has 1 aromatic heterocycles. The maximum atomic E-state index is 5.77.